The van der Waals surface area contributed by atoms with Crippen LogP contribution in [0.1, 0.15) is 86.9 Å². The van der Waals surface area contributed by atoms with Crippen molar-refractivity contribution >= 4 is 17.7 Å². The van der Waals surface area contributed by atoms with Crippen LogP contribution in [0.25, 0.3) is 0 Å². The van der Waals surface area contributed by atoms with Gasteiger partial charge >= 0.3 is 0 Å². The smallest absolute Gasteiger partial charge is 0.271 e. The molecule has 3 heterocycles. The van der Waals surface area contributed by atoms with Crippen LogP contribution in [0.15, 0.2) is 6.07 Å². The molecule has 8 nitrogen and oxygen atoms in total. The standard InChI is InChI=1S/C22H33N5O3/c1-15(28)26-12-9-16(10-13-26)22(30)27-11-5-4-8-20(27)18-14-19(25-24-18)21(29)23-17-6-2-3-7-17/h14,16-17,20H,2-13H2,1H3,(H,23,29)(H,24,25). The van der Waals surface area contributed by atoms with Gasteiger partial charge in [-0.2, -0.15) is 5.10 Å². The Morgan fingerprint density at radius 1 is 1.00 bits per heavy atom. The molecule has 3 fully saturated rings. The third-order valence-electron chi connectivity index (χ3n) is 6.96. The topological polar surface area (TPSA) is 98.4 Å². The molecule has 2 N–H and O–H groups in total. The first-order valence-electron chi connectivity index (χ1n) is 11.4. The maximum atomic E-state index is 13.3. The lowest BCUT2D eigenvalue weighted by Gasteiger charge is -2.39. The molecule has 1 unspecified atom stereocenters. The maximum Gasteiger partial charge on any atom is 0.271 e. The molecule has 1 aromatic heterocycles. The molecule has 8 heteroatoms. The number of hydrogen-bond acceptors (Lipinski definition) is 4. The third-order valence-corrected chi connectivity index (χ3v) is 6.96. The first-order chi connectivity index (χ1) is 14.5. The monoisotopic (exact) mass is 415 g/mol. The van der Waals surface area contributed by atoms with Crippen LogP contribution in [0.5, 0.6) is 0 Å². The minimum atomic E-state index is -0.130. The van der Waals surface area contributed by atoms with Crippen LogP contribution >= 0.6 is 0 Å². The molecule has 30 heavy (non-hydrogen) atoms. The molecule has 0 bridgehead atoms. The predicted molar refractivity (Wildman–Crippen MR) is 112 cm³/mol. The van der Waals surface area contributed by atoms with Crippen LogP contribution in [-0.4, -0.2) is 63.4 Å². The number of rotatable bonds is 4. The van der Waals surface area contributed by atoms with Gasteiger partial charge in [0.25, 0.3) is 5.91 Å². The van der Waals surface area contributed by atoms with Gasteiger partial charge in [-0.1, -0.05) is 12.8 Å². The fourth-order valence-corrected chi connectivity index (χ4v) is 5.15. The van der Waals surface area contributed by atoms with Gasteiger partial charge in [-0.15, -0.1) is 0 Å². The number of carbonyl (C=O) groups excluding carboxylic acids is 3. The summed E-state index contributed by atoms with van der Waals surface area (Å²) in [6.45, 7) is 3.63. The van der Waals surface area contributed by atoms with Crippen LogP contribution in [0.3, 0.4) is 0 Å². The molecule has 2 aliphatic heterocycles. The van der Waals surface area contributed by atoms with E-state index in [4.69, 9.17) is 0 Å². The molecule has 0 aromatic carbocycles. The quantitative estimate of drug-likeness (QED) is 0.789. The summed E-state index contributed by atoms with van der Waals surface area (Å²) >= 11 is 0. The summed E-state index contributed by atoms with van der Waals surface area (Å²) in [5.74, 6) is 0.0935. The van der Waals surface area contributed by atoms with Crippen molar-refractivity contribution in [2.24, 2.45) is 5.92 Å². The Bertz CT molecular complexity index is 777. The van der Waals surface area contributed by atoms with Crippen molar-refractivity contribution in [3.63, 3.8) is 0 Å². The Morgan fingerprint density at radius 3 is 2.40 bits per heavy atom. The molecule has 1 aromatic rings. The Labute approximate surface area is 177 Å². The summed E-state index contributed by atoms with van der Waals surface area (Å²) in [6.07, 6.45) is 8.79. The molecule has 4 rings (SSSR count). The van der Waals surface area contributed by atoms with E-state index in [-0.39, 0.29) is 35.7 Å². The lowest BCUT2D eigenvalue weighted by Crippen LogP contribution is -2.46. The molecule has 1 saturated carbocycles. The van der Waals surface area contributed by atoms with E-state index in [2.05, 4.69) is 15.5 Å². The van der Waals surface area contributed by atoms with Gasteiger partial charge in [0.1, 0.15) is 5.69 Å². The molecular formula is C22H33N5O3. The number of nitrogens with zero attached hydrogens (tertiary/aromatic N) is 3. The number of aromatic amines is 1. The molecule has 1 atom stereocenters. The Kier molecular flexibility index (Phi) is 6.39. The van der Waals surface area contributed by atoms with E-state index in [1.54, 1.807) is 6.92 Å². The van der Waals surface area contributed by atoms with E-state index in [9.17, 15) is 14.4 Å². The molecular weight excluding hydrogens is 382 g/mol. The molecule has 1 aliphatic carbocycles. The Balaban J connectivity index is 1.41. The van der Waals surface area contributed by atoms with E-state index in [1.807, 2.05) is 15.9 Å². The predicted octanol–water partition coefficient (Wildman–Crippen LogP) is 2.39. The van der Waals surface area contributed by atoms with Crippen LogP contribution in [0, 0.1) is 5.92 Å². The summed E-state index contributed by atoms with van der Waals surface area (Å²) in [7, 11) is 0. The van der Waals surface area contributed by atoms with Crippen molar-refractivity contribution in [3.8, 4) is 0 Å². The van der Waals surface area contributed by atoms with Crippen molar-refractivity contribution in [1.82, 2.24) is 25.3 Å². The number of hydrogen-bond donors (Lipinski definition) is 2. The molecule has 164 valence electrons. The van der Waals surface area contributed by atoms with Gasteiger partial charge in [0.05, 0.1) is 11.7 Å². The number of nitrogens with one attached hydrogen (secondary N) is 2. The van der Waals surface area contributed by atoms with E-state index in [0.29, 0.717) is 18.8 Å². The van der Waals surface area contributed by atoms with Crippen molar-refractivity contribution < 1.29 is 14.4 Å². The zero-order valence-corrected chi connectivity index (χ0v) is 17.9. The van der Waals surface area contributed by atoms with Crippen LogP contribution in [0.2, 0.25) is 0 Å². The average molecular weight is 416 g/mol. The second kappa shape index (κ2) is 9.18. The summed E-state index contributed by atoms with van der Waals surface area (Å²) in [5.41, 5.74) is 1.26. The SMILES string of the molecule is CC(=O)N1CCC(C(=O)N2CCCCC2c2cc(C(=O)NC3CCCC3)n[nH]2)CC1. The number of amides is 3. The Hall–Kier alpha value is -2.38. The lowest BCUT2D eigenvalue weighted by atomic mass is 9.91. The lowest BCUT2D eigenvalue weighted by molar-refractivity contribution is -0.143. The first-order valence-corrected chi connectivity index (χ1v) is 11.4. The third kappa shape index (κ3) is 4.52. The van der Waals surface area contributed by atoms with Crippen LogP contribution < -0.4 is 5.32 Å². The van der Waals surface area contributed by atoms with Crippen LogP contribution in [-0.2, 0) is 9.59 Å². The normalized spacial score (nSPS) is 23.6. The highest BCUT2D eigenvalue weighted by Gasteiger charge is 2.35. The Morgan fingerprint density at radius 2 is 1.70 bits per heavy atom. The van der Waals surface area contributed by atoms with E-state index in [0.717, 1.165) is 57.2 Å². The highest BCUT2D eigenvalue weighted by molar-refractivity contribution is 5.92. The second-order valence-electron chi connectivity index (χ2n) is 8.99. The largest absolute Gasteiger partial charge is 0.348 e. The van der Waals surface area contributed by atoms with Crippen molar-refractivity contribution in [2.75, 3.05) is 19.6 Å². The summed E-state index contributed by atoms with van der Waals surface area (Å²) in [5, 5.41) is 10.4. The first kappa shape index (κ1) is 20.9. The fourth-order valence-electron chi connectivity index (χ4n) is 5.15. The zero-order chi connectivity index (χ0) is 21.1. The van der Waals surface area contributed by atoms with E-state index < -0.39 is 0 Å². The number of likely N-dealkylation sites (tertiary alicyclic amines) is 2. The van der Waals surface area contributed by atoms with E-state index >= 15 is 0 Å². The molecule has 3 aliphatic rings. The van der Waals surface area contributed by atoms with Gasteiger partial charge in [0.15, 0.2) is 0 Å². The maximum absolute atomic E-state index is 13.3. The summed E-state index contributed by atoms with van der Waals surface area (Å²) in [6, 6.07) is 2.02. The van der Waals surface area contributed by atoms with Gasteiger partial charge in [-0.3, -0.25) is 19.5 Å². The van der Waals surface area contributed by atoms with E-state index in [1.165, 1.54) is 12.8 Å². The van der Waals surface area contributed by atoms with Gasteiger partial charge in [0, 0.05) is 38.5 Å². The molecule has 0 spiro atoms. The number of piperidine rings is 2. The number of carbonyl (C=O) groups is 3. The van der Waals surface area contributed by atoms with Crippen LogP contribution in [0.4, 0.5) is 0 Å². The summed E-state index contributed by atoms with van der Waals surface area (Å²) in [4.78, 5) is 41.2. The van der Waals surface area contributed by atoms with Crippen molar-refractivity contribution in [1.29, 1.82) is 0 Å². The van der Waals surface area contributed by atoms with Gasteiger partial charge < -0.3 is 15.1 Å². The summed E-state index contributed by atoms with van der Waals surface area (Å²) < 4.78 is 0. The van der Waals surface area contributed by atoms with Crippen molar-refractivity contribution in [2.45, 2.75) is 76.8 Å². The molecule has 2 saturated heterocycles. The van der Waals surface area contributed by atoms with Gasteiger partial charge in [-0.25, -0.2) is 0 Å². The molecule has 3 amide bonds. The average Bonchev–Trinajstić information content (AvgIpc) is 3.45. The van der Waals surface area contributed by atoms with Crippen molar-refractivity contribution in [3.05, 3.63) is 17.5 Å². The van der Waals surface area contributed by atoms with Gasteiger partial charge in [-0.05, 0) is 51.0 Å². The number of aromatic nitrogens is 2. The fraction of sp³-hybridized carbons (Fsp3) is 0.727. The minimum Gasteiger partial charge on any atom is -0.348 e. The van der Waals surface area contributed by atoms with Gasteiger partial charge in [0.2, 0.25) is 11.8 Å². The number of H-pyrrole nitrogens is 1. The second-order valence-corrected chi connectivity index (χ2v) is 8.99. The molecule has 0 radical (unpaired) electrons. The highest BCUT2D eigenvalue weighted by atomic mass is 16.2. The highest BCUT2D eigenvalue weighted by Crippen LogP contribution is 2.33. The zero-order valence-electron chi connectivity index (χ0n) is 17.9. The minimum absolute atomic E-state index is 0.0331.